The molecule has 5 nitrogen and oxygen atoms in total. The predicted octanol–water partition coefficient (Wildman–Crippen LogP) is 3.01. The fraction of sp³-hybridized carbons (Fsp3) is 0.176. The number of carbonyl (C=O) groups is 1. The van der Waals surface area contributed by atoms with Gasteiger partial charge in [-0.1, -0.05) is 29.8 Å². The Morgan fingerprint density at radius 1 is 1.13 bits per heavy atom. The van der Waals surface area contributed by atoms with Gasteiger partial charge in [-0.25, -0.2) is 4.79 Å². The molecule has 3 rings (SSSR count). The van der Waals surface area contributed by atoms with E-state index in [0.717, 1.165) is 0 Å². The topological polar surface area (TPSA) is 53.2 Å². The lowest BCUT2D eigenvalue weighted by Gasteiger charge is -2.03. The highest BCUT2D eigenvalue weighted by Gasteiger charge is 2.17. The first kappa shape index (κ1) is 15.4. The van der Waals surface area contributed by atoms with Crippen molar-refractivity contribution in [3.8, 4) is 5.69 Å². The Labute approximate surface area is 137 Å². The van der Waals surface area contributed by atoms with Crippen molar-refractivity contribution in [3.63, 3.8) is 0 Å². The number of hydrogen-bond donors (Lipinski definition) is 0. The third-order valence-electron chi connectivity index (χ3n) is 3.50. The Bertz CT molecular complexity index is 913. The maximum atomic E-state index is 12.8. The molecule has 0 amide bonds. The van der Waals surface area contributed by atoms with Crippen LogP contribution in [0.1, 0.15) is 6.92 Å². The molecule has 0 fully saturated rings. The number of rotatable bonds is 4. The number of fused-ring (bicyclic) bond motifs is 1. The molecule has 0 radical (unpaired) electrons. The molecule has 3 aromatic rings. The molecule has 118 valence electrons. The molecule has 0 atom stereocenters. The van der Waals surface area contributed by atoms with Crippen molar-refractivity contribution in [1.82, 2.24) is 9.13 Å². The van der Waals surface area contributed by atoms with Crippen LogP contribution >= 0.6 is 11.6 Å². The van der Waals surface area contributed by atoms with Gasteiger partial charge in [0.15, 0.2) is 0 Å². The zero-order chi connectivity index (χ0) is 16.4. The largest absolute Gasteiger partial charge is 0.465 e. The van der Waals surface area contributed by atoms with Gasteiger partial charge < -0.3 is 4.74 Å². The summed E-state index contributed by atoms with van der Waals surface area (Å²) in [6.07, 6.45) is 0. The second kappa shape index (κ2) is 6.30. The van der Waals surface area contributed by atoms with Crippen molar-refractivity contribution in [2.75, 3.05) is 6.61 Å². The van der Waals surface area contributed by atoms with Crippen LogP contribution in [0.4, 0.5) is 0 Å². The summed E-state index contributed by atoms with van der Waals surface area (Å²) in [6.45, 7) is 1.87. The zero-order valence-electron chi connectivity index (χ0n) is 12.5. The predicted molar refractivity (Wildman–Crippen MR) is 89.2 cm³/mol. The summed E-state index contributed by atoms with van der Waals surface area (Å²) in [4.78, 5) is 24.6. The van der Waals surface area contributed by atoms with Crippen LogP contribution in [0.2, 0.25) is 5.02 Å². The van der Waals surface area contributed by atoms with E-state index in [4.69, 9.17) is 16.3 Å². The highest BCUT2D eigenvalue weighted by atomic mass is 35.5. The SMILES string of the molecule is CCOC(=O)Cn1c(=O)n(-c2ccccc2)c2cc(Cl)ccc21. The number of benzene rings is 2. The molecule has 6 heteroatoms. The van der Waals surface area contributed by atoms with Crippen LogP contribution in [0.25, 0.3) is 16.7 Å². The third-order valence-corrected chi connectivity index (χ3v) is 3.73. The molecule has 2 aromatic carbocycles. The summed E-state index contributed by atoms with van der Waals surface area (Å²) in [5.41, 5.74) is 1.70. The molecular formula is C17H15ClN2O3. The highest BCUT2D eigenvalue weighted by molar-refractivity contribution is 6.31. The van der Waals surface area contributed by atoms with Crippen molar-refractivity contribution in [1.29, 1.82) is 0 Å². The lowest BCUT2D eigenvalue weighted by molar-refractivity contribution is -0.143. The van der Waals surface area contributed by atoms with Crippen molar-refractivity contribution in [3.05, 3.63) is 64.0 Å². The van der Waals surface area contributed by atoms with Gasteiger partial charge in [0.1, 0.15) is 6.54 Å². The number of para-hydroxylation sites is 1. The highest BCUT2D eigenvalue weighted by Crippen LogP contribution is 2.21. The van der Waals surface area contributed by atoms with Gasteiger partial charge in [-0.3, -0.25) is 13.9 Å². The molecule has 0 aliphatic heterocycles. The standard InChI is InChI=1S/C17H15ClN2O3/c1-2-23-16(21)11-19-14-9-8-12(18)10-15(14)20(17(19)22)13-6-4-3-5-7-13/h3-10H,2,11H2,1H3. The fourth-order valence-electron chi connectivity index (χ4n) is 2.55. The van der Waals surface area contributed by atoms with Crippen LogP contribution < -0.4 is 5.69 Å². The van der Waals surface area contributed by atoms with Crippen molar-refractivity contribution in [2.24, 2.45) is 0 Å². The maximum Gasteiger partial charge on any atom is 0.334 e. The van der Waals surface area contributed by atoms with Crippen LogP contribution in [0, 0.1) is 0 Å². The van der Waals surface area contributed by atoms with Crippen molar-refractivity contribution >= 4 is 28.6 Å². The Balaban J connectivity index is 2.24. The van der Waals surface area contributed by atoms with Gasteiger partial charge in [-0.2, -0.15) is 0 Å². The van der Waals surface area contributed by atoms with E-state index in [1.165, 1.54) is 4.57 Å². The lowest BCUT2D eigenvalue weighted by Crippen LogP contribution is -2.27. The monoisotopic (exact) mass is 330 g/mol. The van der Waals surface area contributed by atoms with Crippen LogP contribution in [-0.2, 0) is 16.1 Å². The van der Waals surface area contributed by atoms with Crippen LogP contribution in [0.3, 0.4) is 0 Å². The number of imidazole rings is 1. The third kappa shape index (κ3) is 2.87. The number of nitrogens with zero attached hydrogens (tertiary/aromatic N) is 2. The van der Waals surface area contributed by atoms with E-state index in [9.17, 15) is 9.59 Å². The lowest BCUT2D eigenvalue weighted by atomic mass is 10.3. The summed E-state index contributed by atoms with van der Waals surface area (Å²) >= 11 is 6.08. The quantitative estimate of drug-likeness (QED) is 0.691. The minimum atomic E-state index is -0.448. The summed E-state index contributed by atoms with van der Waals surface area (Å²) < 4.78 is 7.90. The van der Waals surface area contributed by atoms with Gasteiger partial charge in [0.25, 0.3) is 0 Å². The average Bonchev–Trinajstić information content (AvgIpc) is 2.80. The molecule has 0 saturated carbocycles. The first-order chi connectivity index (χ1) is 11.1. The second-order valence-electron chi connectivity index (χ2n) is 4.98. The molecule has 0 N–H and O–H groups in total. The Morgan fingerprint density at radius 3 is 2.57 bits per heavy atom. The summed E-state index contributed by atoms with van der Waals surface area (Å²) in [6, 6.07) is 14.4. The molecule has 0 aliphatic rings. The van der Waals surface area contributed by atoms with E-state index in [1.807, 2.05) is 30.3 Å². The maximum absolute atomic E-state index is 12.8. The second-order valence-corrected chi connectivity index (χ2v) is 5.41. The molecule has 1 aromatic heterocycles. The Hall–Kier alpha value is -2.53. The molecule has 0 spiro atoms. The fourth-order valence-corrected chi connectivity index (χ4v) is 2.71. The van der Waals surface area contributed by atoms with Gasteiger partial charge in [0, 0.05) is 5.02 Å². The molecule has 1 heterocycles. The summed E-state index contributed by atoms with van der Waals surface area (Å²) in [5.74, 6) is -0.448. The van der Waals surface area contributed by atoms with E-state index in [1.54, 1.807) is 29.7 Å². The molecule has 0 unspecified atom stereocenters. The van der Waals surface area contributed by atoms with Crippen LogP contribution in [0.5, 0.6) is 0 Å². The number of ether oxygens (including phenoxy) is 1. The Morgan fingerprint density at radius 2 is 1.87 bits per heavy atom. The Kier molecular flexibility index (Phi) is 4.21. The number of halogens is 1. The van der Waals surface area contributed by atoms with E-state index in [0.29, 0.717) is 21.7 Å². The van der Waals surface area contributed by atoms with E-state index in [-0.39, 0.29) is 18.8 Å². The van der Waals surface area contributed by atoms with Crippen molar-refractivity contribution in [2.45, 2.75) is 13.5 Å². The molecule has 23 heavy (non-hydrogen) atoms. The first-order valence-corrected chi connectivity index (χ1v) is 7.61. The number of hydrogen-bond acceptors (Lipinski definition) is 3. The van der Waals surface area contributed by atoms with Crippen molar-refractivity contribution < 1.29 is 9.53 Å². The molecule has 0 aliphatic carbocycles. The average molecular weight is 331 g/mol. The van der Waals surface area contributed by atoms with E-state index >= 15 is 0 Å². The number of esters is 1. The van der Waals surface area contributed by atoms with Crippen LogP contribution in [0.15, 0.2) is 53.3 Å². The zero-order valence-corrected chi connectivity index (χ0v) is 13.3. The van der Waals surface area contributed by atoms with Gasteiger partial charge >= 0.3 is 11.7 Å². The number of aromatic nitrogens is 2. The van der Waals surface area contributed by atoms with E-state index < -0.39 is 5.97 Å². The summed E-state index contributed by atoms with van der Waals surface area (Å²) in [5, 5.41) is 0.524. The molecular weight excluding hydrogens is 316 g/mol. The normalized spacial score (nSPS) is 10.9. The minimum Gasteiger partial charge on any atom is -0.465 e. The van der Waals surface area contributed by atoms with E-state index in [2.05, 4.69) is 0 Å². The van der Waals surface area contributed by atoms with Gasteiger partial charge in [-0.15, -0.1) is 0 Å². The smallest absolute Gasteiger partial charge is 0.334 e. The van der Waals surface area contributed by atoms with Gasteiger partial charge in [0.2, 0.25) is 0 Å². The molecule has 0 saturated heterocycles. The summed E-state index contributed by atoms with van der Waals surface area (Å²) in [7, 11) is 0. The first-order valence-electron chi connectivity index (χ1n) is 7.23. The molecule has 0 bridgehead atoms. The number of carbonyl (C=O) groups excluding carboxylic acids is 1. The van der Waals surface area contributed by atoms with Gasteiger partial charge in [0.05, 0.1) is 23.3 Å². The van der Waals surface area contributed by atoms with Crippen LogP contribution in [-0.4, -0.2) is 21.7 Å². The van der Waals surface area contributed by atoms with Gasteiger partial charge in [-0.05, 0) is 37.3 Å². The minimum absolute atomic E-state index is 0.134.